The topological polar surface area (TPSA) is 6.48 Å². The Bertz CT molecular complexity index is 675. The lowest BCUT2D eigenvalue weighted by atomic mass is 10.1. The lowest BCUT2D eigenvalue weighted by molar-refractivity contribution is 1.08. The molecule has 0 radical (unpaired) electrons. The van der Waals surface area contributed by atoms with Gasteiger partial charge < -0.3 is 9.80 Å². The summed E-state index contributed by atoms with van der Waals surface area (Å²) in [6.45, 7) is 6.66. The van der Waals surface area contributed by atoms with E-state index in [1.54, 1.807) is 0 Å². The molecule has 22 heavy (non-hydrogen) atoms. The van der Waals surface area contributed by atoms with Gasteiger partial charge in [0.2, 0.25) is 0 Å². The molecule has 0 aliphatic rings. The molecule has 0 bridgehead atoms. The molecule has 0 saturated heterocycles. The van der Waals surface area contributed by atoms with Crippen LogP contribution in [-0.4, -0.2) is 28.2 Å². The largest absolute Gasteiger partial charge is 0.376 e. The number of benzene rings is 2. The van der Waals surface area contributed by atoms with Crippen molar-refractivity contribution in [1.29, 1.82) is 0 Å². The molecule has 0 heterocycles. The normalized spacial score (nSPS) is 11.2. The number of anilines is 2. The Kier molecular flexibility index (Phi) is 5.13. The van der Waals surface area contributed by atoms with Crippen molar-refractivity contribution in [1.82, 2.24) is 0 Å². The summed E-state index contributed by atoms with van der Waals surface area (Å²) < 4.78 is 0. The molecule has 3 heteroatoms. The Morgan fingerprint density at radius 1 is 0.727 bits per heavy atom. The monoisotopic (exact) mass is 314 g/mol. The number of hydrogen-bond donors (Lipinski definition) is 0. The highest BCUT2D eigenvalue weighted by Gasteiger charge is 2.14. The van der Waals surface area contributed by atoms with Gasteiger partial charge in [-0.15, -0.1) is 0 Å². The Morgan fingerprint density at radius 2 is 1.41 bits per heavy atom. The Hall–Kier alpha value is -1.53. The van der Waals surface area contributed by atoms with Crippen LogP contribution < -0.4 is 20.4 Å². The minimum atomic E-state index is 0.681. The van der Waals surface area contributed by atoms with E-state index in [2.05, 4.69) is 89.1 Å². The van der Waals surface area contributed by atoms with Crippen LogP contribution in [0.2, 0.25) is 0 Å². The fourth-order valence-corrected chi connectivity index (χ4v) is 4.18. The maximum absolute atomic E-state index is 2.29. The average molecular weight is 314 g/mol. The van der Waals surface area contributed by atoms with Crippen LogP contribution in [-0.2, 0) is 0 Å². The molecule has 0 N–H and O–H groups in total. The zero-order chi connectivity index (χ0) is 16.4. The maximum Gasteiger partial charge on any atom is 0.0677 e. The van der Waals surface area contributed by atoms with E-state index in [9.17, 15) is 0 Å². The van der Waals surface area contributed by atoms with Gasteiger partial charge >= 0.3 is 0 Å². The van der Waals surface area contributed by atoms with Crippen LogP contribution in [0, 0.1) is 20.8 Å². The van der Waals surface area contributed by atoms with Gasteiger partial charge in [-0.2, -0.15) is 0 Å². The minimum absolute atomic E-state index is 0.681. The fourth-order valence-electron chi connectivity index (χ4n) is 2.70. The van der Waals surface area contributed by atoms with Gasteiger partial charge in [-0.3, -0.25) is 0 Å². The summed E-state index contributed by atoms with van der Waals surface area (Å²) in [6.07, 6.45) is 0. The Morgan fingerprint density at radius 3 is 2.00 bits per heavy atom. The molecule has 2 nitrogen and oxygen atoms in total. The third-order valence-corrected chi connectivity index (χ3v) is 5.75. The maximum atomic E-state index is 2.29. The van der Waals surface area contributed by atoms with Gasteiger partial charge in [0.25, 0.3) is 0 Å². The molecule has 0 saturated carbocycles. The van der Waals surface area contributed by atoms with Crippen molar-refractivity contribution < 1.29 is 0 Å². The third kappa shape index (κ3) is 3.28. The van der Waals surface area contributed by atoms with E-state index in [4.69, 9.17) is 0 Å². The van der Waals surface area contributed by atoms with Gasteiger partial charge in [0.05, 0.1) is 11.4 Å². The van der Waals surface area contributed by atoms with Crippen molar-refractivity contribution in [3.05, 3.63) is 47.0 Å². The van der Waals surface area contributed by atoms with Crippen LogP contribution in [0.1, 0.15) is 16.7 Å². The highest BCUT2D eigenvalue weighted by Crippen LogP contribution is 2.30. The van der Waals surface area contributed by atoms with Gasteiger partial charge in [0.15, 0.2) is 0 Å². The van der Waals surface area contributed by atoms with E-state index in [0.717, 1.165) is 0 Å². The quantitative estimate of drug-likeness (QED) is 0.798. The molecule has 0 aliphatic heterocycles. The highest BCUT2D eigenvalue weighted by molar-refractivity contribution is 7.56. The van der Waals surface area contributed by atoms with Gasteiger partial charge in [0, 0.05) is 33.5 Å². The SMILES string of the molecule is Cc1ccc(Pc2cccc(N(C)C)c2N(C)C)c(C)c1C. The smallest absolute Gasteiger partial charge is 0.0677 e. The van der Waals surface area contributed by atoms with Crippen molar-refractivity contribution in [2.45, 2.75) is 20.8 Å². The van der Waals surface area contributed by atoms with Crippen molar-refractivity contribution >= 4 is 30.6 Å². The van der Waals surface area contributed by atoms with Crippen LogP contribution in [0.3, 0.4) is 0 Å². The average Bonchev–Trinajstić information content (AvgIpc) is 2.47. The molecule has 0 aliphatic carbocycles. The Balaban J connectivity index is 2.51. The predicted molar refractivity (Wildman–Crippen MR) is 103 cm³/mol. The van der Waals surface area contributed by atoms with Crippen LogP contribution in [0.15, 0.2) is 30.3 Å². The number of rotatable bonds is 4. The van der Waals surface area contributed by atoms with E-state index in [-0.39, 0.29) is 0 Å². The number of aryl methyl sites for hydroxylation is 1. The van der Waals surface area contributed by atoms with E-state index in [1.807, 2.05) is 0 Å². The molecule has 2 aromatic carbocycles. The summed E-state index contributed by atoms with van der Waals surface area (Å²) in [5.74, 6) is 0. The third-order valence-electron chi connectivity index (χ3n) is 4.27. The van der Waals surface area contributed by atoms with E-state index >= 15 is 0 Å². The number of para-hydroxylation sites is 1. The van der Waals surface area contributed by atoms with Crippen molar-refractivity contribution in [3.8, 4) is 0 Å². The summed E-state index contributed by atoms with van der Waals surface area (Å²) >= 11 is 0. The van der Waals surface area contributed by atoms with Gasteiger partial charge in [-0.05, 0) is 48.8 Å². The van der Waals surface area contributed by atoms with Crippen molar-refractivity contribution in [2.24, 2.45) is 0 Å². The summed E-state index contributed by atoms with van der Waals surface area (Å²) in [6, 6.07) is 11.2. The van der Waals surface area contributed by atoms with E-state index in [1.165, 1.54) is 38.7 Å². The molecule has 118 valence electrons. The molecule has 2 aromatic rings. The standard InChI is InChI=1S/C19H27N2P/c1-13-11-12-17(15(3)14(13)2)22-18-10-8-9-16(20(4)5)19(18)21(6)7/h8-12,22H,1-7H3. The second-order valence-corrected chi connectivity index (χ2v) is 7.59. The van der Waals surface area contributed by atoms with Gasteiger partial charge in [0.1, 0.15) is 0 Å². The predicted octanol–water partition coefficient (Wildman–Crippen LogP) is 3.37. The molecule has 1 unspecified atom stereocenters. The van der Waals surface area contributed by atoms with Gasteiger partial charge in [-0.25, -0.2) is 0 Å². The second-order valence-electron chi connectivity index (χ2n) is 6.27. The lowest BCUT2D eigenvalue weighted by Crippen LogP contribution is -2.23. The number of hydrogen-bond acceptors (Lipinski definition) is 2. The van der Waals surface area contributed by atoms with Crippen molar-refractivity contribution in [2.75, 3.05) is 38.0 Å². The van der Waals surface area contributed by atoms with E-state index in [0.29, 0.717) is 8.58 Å². The first-order chi connectivity index (χ1) is 10.3. The summed E-state index contributed by atoms with van der Waals surface area (Å²) in [4.78, 5) is 4.42. The first kappa shape index (κ1) is 16.8. The molecule has 0 fully saturated rings. The minimum Gasteiger partial charge on any atom is -0.376 e. The van der Waals surface area contributed by atoms with Crippen LogP contribution in [0.25, 0.3) is 0 Å². The second kappa shape index (κ2) is 6.71. The fraction of sp³-hybridized carbons (Fsp3) is 0.368. The zero-order valence-corrected chi connectivity index (χ0v) is 15.8. The van der Waals surface area contributed by atoms with E-state index < -0.39 is 0 Å². The lowest BCUT2D eigenvalue weighted by Gasteiger charge is -2.26. The zero-order valence-electron chi connectivity index (χ0n) is 14.8. The first-order valence-corrected chi connectivity index (χ1v) is 8.64. The molecule has 1 atom stereocenters. The molecular formula is C19H27N2P. The first-order valence-electron chi connectivity index (χ1n) is 7.64. The summed E-state index contributed by atoms with van der Waals surface area (Å²) in [7, 11) is 9.15. The summed E-state index contributed by atoms with van der Waals surface area (Å²) in [5, 5.41) is 2.85. The van der Waals surface area contributed by atoms with Crippen molar-refractivity contribution in [3.63, 3.8) is 0 Å². The molecule has 0 amide bonds. The van der Waals surface area contributed by atoms with Gasteiger partial charge in [-0.1, -0.05) is 32.8 Å². The van der Waals surface area contributed by atoms with Crippen LogP contribution in [0.5, 0.6) is 0 Å². The molecule has 2 rings (SSSR count). The molecular weight excluding hydrogens is 287 g/mol. The van der Waals surface area contributed by atoms with Crippen LogP contribution in [0.4, 0.5) is 11.4 Å². The highest BCUT2D eigenvalue weighted by atomic mass is 31.1. The molecule has 0 aromatic heterocycles. The summed E-state index contributed by atoms with van der Waals surface area (Å²) in [5.41, 5.74) is 6.82. The molecule has 0 spiro atoms. The Labute approximate surface area is 136 Å². The van der Waals surface area contributed by atoms with Crippen LogP contribution >= 0.6 is 8.58 Å². The number of nitrogens with zero attached hydrogens (tertiary/aromatic N) is 2.